The van der Waals surface area contributed by atoms with Crippen LogP contribution in [0.2, 0.25) is 0 Å². The molecular weight excluding hydrogens is 608 g/mol. The first kappa shape index (κ1) is 23.4. The van der Waals surface area contributed by atoms with Crippen LogP contribution in [0, 0.1) is 0 Å². The molecule has 0 aromatic heterocycles. The third kappa shape index (κ3) is 213. The van der Waals surface area contributed by atoms with Gasteiger partial charge >= 0.3 is 33.2 Å². The van der Waals surface area contributed by atoms with E-state index in [2.05, 4.69) is 11.8 Å². The van der Waals surface area contributed by atoms with Gasteiger partial charge in [0.1, 0.15) is 0 Å². The van der Waals surface area contributed by atoms with Gasteiger partial charge in [-0.25, -0.2) is 0 Å². The summed E-state index contributed by atoms with van der Waals surface area (Å²) in [6.45, 7) is 0. The van der Waals surface area contributed by atoms with Crippen LogP contribution in [0.5, 0.6) is 0 Å². The first-order valence-corrected chi connectivity index (χ1v) is 10.3. The zero-order valence-corrected chi connectivity index (χ0v) is 14.4. The molecule has 0 heterocycles. The minimum atomic E-state index is -6.10. The molecule has 0 saturated carbocycles. The quantitative estimate of drug-likeness (QED) is 0.140. The summed E-state index contributed by atoms with van der Waals surface area (Å²) in [5.41, 5.74) is 0. The normalized spacial score (nSPS) is 7.00. The van der Waals surface area contributed by atoms with E-state index in [4.69, 9.17) is 13.2 Å². The van der Waals surface area contributed by atoms with Crippen LogP contribution in [0.3, 0.4) is 0 Å². The Hall–Kier alpha value is 2.57. The summed E-state index contributed by atoms with van der Waals surface area (Å²) in [5.74, 6) is 0. The summed E-state index contributed by atoms with van der Waals surface area (Å²) in [7, 11) is 0. The van der Waals surface area contributed by atoms with Gasteiger partial charge < -0.3 is 11.8 Å². The minimum absolute atomic E-state index is 1.90. The zero-order valence-electron chi connectivity index (χ0n) is 5.34. The van der Waals surface area contributed by atoms with Crippen LogP contribution in [0.15, 0.2) is 0 Å². The van der Waals surface area contributed by atoms with Gasteiger partial charge in [-0.15, -0.1) is 0 Å². The SMILES string of the molecule is [NH3+]I.[NH3+]I.[NH3+]I.[O]=[Sb]([O-])([O-])[O-]. The summed E-state index contributed by atoms with van der Waals surface area (Å²) in [5, 5.41) is 0. The second-order valence-corrected chi connectivity index (χ2v) is 3.00. The zero-order chi connectivity index (χ0) is 10.5. The van der Waals surface area contributed by atoms with Crippen molar-refractivity contribution in [2.45, 2.75) is 0 Å². The molecule has 9 N–H and O–H groups in total. The predicted molar refractivity (Wildman–Crippen MR) is 57.2 cm³/mol. The van der Waals surface area contributed by atoms with E-state index in [1.54, 1.807) is 0 Å². The van der Waals surface area contributed by atoms with E-state index in [-0.39, 0.29) is 0 Å². The van der Waals surface area contributed by atoms with Crippen LogP contribution < -0.4 is 22.0 Å². The van der Waals surface area contributed by atoms with Crippen molar-refractivity contribution in [2.75, 3.05) is 0 Å². The van der Waals surface area contributed by atoms with Crippen molar-refractivity contribution in [1.29, 1.82) is 0 Å². The monoisotopic (exact) mass is 617 g/mol. The molecule has 0 fully saturated rings. The van der Waals surface area contributed by atoms with Crippen LogP contribution in [0.25, 0.3) is 0 Å². The second kappa shape index (κ2) is 22.9. The molecule has 11 heteroatoms. The van der Waals surface area contributed by atoms with E-state index in [1.165, 1.54) is 0 Å². The molecule has 0 aliphatic rings. The van der Waals surface area contributed by atoms with Crippen molar-refractivity contribution in [2.24, 2.45) is 0 Å². The van der Waals surface area contributed by atoms with Gasteiger partial charge in [0, 0.05) is 0 Å². The molecule has 0 rings (SSSR count). The molecular formula is H9I3N3O4Sb. The molecule has 0 aromatic rings. The Morgan fingerprint density at radius 3 is 0.818 bits per heavy atom. The van der Waals surface area contributed by atoms with Crippen LogP contribution in [-0.4, -0.2) is 20.1 Å². The topological polar surface area (TPSA) is 169 Å². The fourth-order valence-corrected chi connectivity index (χ4v) is 0. The third-order valence-corrected chi connectivity index (χ3v) is 0. The van der Waals surface area contributed by atoms with Gasteiger partial charge in [0.05, 0.1) is 0 Å². The Labute approximate surface area is 112 Å². The van der Waals surface area contributed by atoms with Crippen LogP contribution in [0.1, 0.15) is 0 Å². The molecule has 0 spiro atoms. The van der Waals surface area contributed by atoms with Gasteiger partial charge in [-0.1, -0.05) is 0 Å². The van der Waals surface area contributed by atoms with Crippen molar-refractivity contribution >= 4 is 88.6 Å². The van der Waals surface area contributed by atoms with Gasteiger partial charge in [-0.3, -0.25) is 0 Å². The number of halogens is 3. The van der Waals surface area contributed by atoms with Crippen molar-refractivity contribution in [3.8, 4) is 0 Å². The van der Waals surface area contributed by atoms with Gasteiger partial charge in [0.2, 0.25) is 68.6 Å². The van der Waals surface area contributed by atoms with Crippen molar-refractivity contribution in [3.63, 3.8) is 0 Å². The summed E-state index contributed by atoms with van der Waals surface area (Å²) in [6, 6.07) is 0. The van der Waals surface area contributed by atoms with Gasteiger partial charge in [-0.05, 0) is 0 Å². The standard InChI is InChI=1S/3H2IN.4O.Sb/c3*1-2;;;;;/h3*2H2;;;;;/q;;;;3*-1;/p+3. The molecule has 0 aliphatic heterocycles. The Balaban J connectivity index is -0.0000000350. The molecule has 0 amide bonds. The summed E-state index contributed by atoms with van der Waals surface area (Å²) < 4.78 is 44.2. The Bertz CT molecular complexity index is 66.7. The molecule has 0 radical (unpaired) electrons. The molecule has 0 bridgehead atoms. The van der Waals surface area contributed by atoms with E-state index in [9.17, 15) is 0 Å². The molecule has 74 valence electrons. The summed E-state index contributed by atoms with van der Waals surface area (Å²) in [6.07, 6.45) is 0. The Kier molecular flexibility index (Phi) is 48.8. The molecule has 0 saturated heterocycles. The average molecular weight is 618 g/mol. The van der Waals surface area contributed by atoms with Gasteiger partial charge in [0.25, 0.3) is 0 Å². The molecule has 11 heavy (non-hydrogen) atoms. The maximum absolute atomic E-state index is 8.64. The average Bonchev–Trinajstić information content (AvgIpc) is 1.96. The molecule has 0 unspecified atom stereocenters. The Morgan fingerprint density at radius 2 is 0.818 bits per heavy atom. The number of hydrogen-bond donors (Lipinski definition) is 3. The molecule has 0 aliphatic carbocycles. The number of quaternary nitrogens is 3. The predicted octanol–water partition coefficient (Wildman–Crippen LogP) is -5.33. The van der Waals surface area contributed by atoms with E-state index in [0.29, 0.717) is 0 Å². The molecule has 0 aromatic carbocycles. The fourth-order valence-electron chi connectivity index (χ4n) is 0. The third-order valence-electron chi connectivity index (χ3n) is 0. The fraction of sp³-hybridized carbons (Fsp3) is 0. The van der Waals surface area contributed by atoms with Crippen molar-refractivity contribution in [1.82, 2.24) is 0 Å². The summed E-state index contributed by atoms with van der Waals surface area (Å²) in [4.78, 5) is 0. The van der Waals surface area contributed by atoms with Crippen molar-refractivity contribution < 1.29 is 25.0 Å². The van der Waals surface area contributed by atoms with Gasteiger partial charge in [-0.2, -0.15) is 0 Å². The maximum atomic E-state index is 8.64. The van der Waals surface area contributed by atoms with E-state index in [0.717, 1.165) is 0 Å². The van der Waals surface area contributed by atoms with Crippen LogP contribution in [-0.2, 0) is 3.02 Å². The van der Waals surface area contributed by atoms with E-state index < -0.39 is 20.1 Å². The first-order chi connectivity index (χ1) is 5.00. The first-order valence-electron chi connectivity index (χ1n) is 1.53. The number of rotatable bonds is 0. The molecule has 0 atom stereocenters. The number of hydrogen-bond acceptors (Lipinski definition) is 4. The molecule has 7 nitrogen and oxygen atoms in total. The van der Waals surface area contributed by atoms with Crippen molar-refractivity contribution in [3.05, 3.63) is 0 Å². The van der Waals surface area contributed by atoms with Crippen LogP contribution in [0.4, 0.5) is 0 Å². The Morgan fingerprint density at radius 1 is 0.818 bits per heavy atom. The van der Waals surface area contributed by atoms with Gasteiger partial charge in [0.15, 0.2) is 0 Å². The second-order valence-electron chi connectivity index (χ2n) is 0.447. The van der Waals surface area contributed by atoms with Crippen LogP contribution >= 0.6 is 68.6 Å². The van der Waals surface area contributed by atoms with E-state index in [1.807, 2.05) is 68.6 Å². The van der Waals surface area contributed by atoms with E-state index >= 15 is 0 Å². The summed E-state index contributed by atoms with van der Waals surface area (Å²) >= 11 is -0.400.